The van der Waals surface area contributed by atoms with Crippen molar-refractivity contribution in [2.24, 2.45) is 0 Å². The second-order valence-corrected chi connectivity index (χ2v) is 3.55. The van der Waals surface area contributed by atoms with Crippen molar-refractivity contribution in [3.05, 3.63) is 60.4 Å². The van der Waals surface area contributed by atoms with Gasteiger partial charge in [-0.1, -0.05) is 12.1 Å². The SMILES string of the molecule is [c]1cccc(OCCCc2ccncc2)c1. The van der Waals surface area contributed by atoms with Crippen molar-refractivity contribution in [1.82, 2.24) is 4.98 Å². The number of hydrogen-bond donors (Lipinski definition) is 0. The van der Waals surface area contributed by atoms with E-state index in [0.717, 1.165) is 25.2 Å². The monoisotopic (exact) mass is 212 g/mol. The topological polar surface area (TPSA) is 22.1 Å². The third-order valence-electron chi connectivity index (χ3n) is 2.31. The Morgan fingerprint density at radius 1 is 1.19 bits per heavy atom. The molecule has 0 saturated heterocycles. The van der Waals surface area contributed by atoms with Gasteiger partial charge in [0.15, 0.2) is 0 Å². The standard InChI is InChI=1S/C14H14NO/c1-2-6-14(7-3-1)16-12-4-5-13-8-10-15-11-9-13/h1-2,6-11H,4-5,12H2. The molecule has 1 aromatic heterocycles. The summed E-state index contributed by atoms with van der Waals surface area (Å²) in [6.07, 6.45) is 5.68. The summed E-state index contributed by atoms with van der Waals surface area (Å²) >= 11 is 0. The molecule has 2 heteroatoms. The molecule has 1 heterocycles. The van der Waals surface area contributed by atoms with Crippen molar-refractivity contribution in [2.75, 3.05) is 6.61 Å². The summed E-state index contributed by atoms with van der Waals surface area (Å²) < 4.78 is 5.58. The molecule has 0 unspecified atom stereocenters. The summed E-state index contributed by atoms with van der Waals surface area (Å²) in [5, 5.41) is 0. The van der Waals surface area contributed by atoms with Crippen LogP contribution in [0, 0.1) is 6.07 Å². The fraction of sp³-hybridized carbons (Fsp3) is 0.214. The summed E-state index contributed by atoms with van der Waals surface area (Å²) in [7, 11) is 0. The number of pyridine rings is 1. The molecule has 0 atom stereocenters. The first-order chi connectivity index (χ1) is 7.95. The predicted octanol–water partition coefficient (Wildman–Crippen LogP) is 2.89. The molecule has 2 nitrogen and oxygen atoms in total. The molecule has 0 aliphatic rings. The average molecular weight is 212 g/mol. The fourth-order valence-corrected chi connectivity index (χ4v) is 1.48. The number of ether oxygens (including phenoxy) is 1. The van der Waals surface area contributed by atoms with E-state index in [9.17, 15) is 0 Å². The highest BCUT2D eigenvalue weighted by atomic mass is 16.5. The molecule has 0 bridgehead atoms. The Morgan fingerprint density at radius 3 is 2.81 bits per heavy atom. The van der Waals surface area contributed by atoms with Crippen molar-refractivity contribution >= 4 is 0 Å². The summed E-state index contributed by atoms with van der Waals surface area (Å²) in [6.45, 7) is 0.736. The molecule has 0 aliphatic heterocycles. The van der Waals surface area contributed by atoms with Crippen LogP contribution in [0.2, 0.25) is 0 Å². The van der Waals surface area contributed by atoms with E-state index in [-0.39, 0.29) is 0 Å². The Kier molecular flexibility index (Phi) is 3.94. The lowest BCUT2D eigenvalue weighted by Crippen LogP contribution is -1.99. The van der Waals surface area contributed by atoms with Crippen molar-refractivity contribution < 1.29 is 4.74 Å². The van der Waals surface area contributed by atoms with Crippen LogP contribution in [0.1, 0.15) is 12.0 Å². The van der Waals surface area contributed by atoms with Crippen molar-refractivity contribution in [1.29, 1.82) is 0 Å². The second-order valence-electron chi connectivity index (χ2n) is 3.55. The Bertz CT molecular complexity index is 358. The highest BCUT2D eigenvalue weighted by Crippen LogP contribution is 2.09. The molecule has 0 amide bonds. The zero-order valence-electron chi connectivity index (χ0n) is 9.10. The molecule has 1 radical (unpaired) electrons. The third kappa shape index (κ3) is 3.39. The second kappa shape index (κ2) is 5.91. The van der Waals surface area contributed by atoms with Crippen LogP contribution in [-0.4, -0.2) is 11.6 Å². The lowest BCUT2D eigenvalue weighted by molar-refractivity contribution is 0.311. The smallest absolute Gasteiger partial charge is 0.119 e. The molecule has 2 aromatic rings. The van der Waals surface area contributed by atoms with Crippen LogP contribution in [0.5, 0.6) is 5.75 Å². The van der Waals surface area contributed by atoms with Crippen molar-refractivity contribution in [3.8, 4) is 5.75 Å². The van der Waals surface area contributed by atoms with Crippen molar-refractivity contribution in [3.63, 3.8) is 0 Å². The largest absolute Gasteiger partial charge is 0.494 e. The highest BCUT2D eigenvalue weighted by molar-refractivity contribution is 5.20. The van der Waals surface area contributed by atoms with Crippen LogP contribution >= 0.6 is 0 Å². The molecule has 0 fully saturated rings. The number of nitrogens with zero attached hydrogens (tertiary/aromatic N) is 1. The lowest BCUT2D eigenvalue weighted by Gasteiger charge is -2.05. The van der Waals surface area contributed by atoms with Gasteiger partial charge in [0.1, 0.15) is 5.75 Å². The maximum Gasteiger partial charge on any atom is 0.119 e. The zero-order valence-corrected chi connectivity index (χ0v) is 9.10. The predicted molar refractivity (Wildman–Crippen MR) is 63.3 cm³/mol. The van der Waals surface area contributed by atoms with Gasteiger partial charge < -0.3 is 4.74 Å². The van der Waals surface area contributed by atoms with Gasteiger partial charge in [-0.2, -0.15) is 0 Å². The van der Waals surface area contributed by atoms with Crippen LogP contribution in [0.4, 0.5) is 0 Å². The Hall–Kier alpha value is -1.83. The van der Waals surface area contributed by atoms with Gasteiger partial charge in [-0.25, -0.2) is 0 Å². The van der Waals surface area contributed by atoms with E-state index in [1.54, 1.807) is 0 Å². The van der Waals surface area contributed by atoms with E-state index in [0.29, 0.717) is 0 Å². The minimum Gasteiger partial charge on any atom is -0.494 e. The fourth-order valence-electron chi connectivity index (χ4n) is 1.48. The van der Waals surface area contributed by atoms with E-state index in [1.165, 1.54) is 5.56 Å². The van der Waals surface area contributed by atoms with Crippen LogP contribution in [-0.2, 0) is 6.42 Å². The Balaban J connectivity index is 1.70. The number of aromatic nitrogens is 1. The minimum atomic E-state index is 0.736. The molecule has 16 heavy (non-hydrogen) atoms. The molecule has 0 aliphatic carbocycles. The molecule has 0 N–H and O–H groups in total. The van der Waals surface area contributed by atoms with Gasteiger partial charge in [-0.05, 0) is 48.7 Å². The van der Waals surface area contributed by atoms with Crippen LogP contribution < -0.4 is 4.74 Å². The van der Waals surface area contributed by atoms with E-state index < -0.39 is 0 Å². The van der Waals surface area contributed by atoms with Crippen molar-refractivity contribution in [2.45, 2.75) is 12.8 Å². The maximum atomic E-state index is 5.58. The first-order valence-electron chi connectivity index (χ1n) is 5.43. The van der Waals surface area contributed by atoms with Gasteiger partial charge in [0.2, 0.25) is 0 Å². The molecule has 1 aromatic carbocycles. The molecule has 0 saturated carbocycles. The maximum absolute atomic E-state index is 5.58. The van der Waals surface area contributed by atoms with Gasteiger partial charge in [0, 0.05) is 12.4 Å². The summed E-state index contributed by atoms with van der Waals surface area (Å²) in [5.41, 5.74) is 1.30. The first kappa shape index (κ1) is 10.7. The van der Waals surface area contributed by atoms with Gasteiger partial charge in [-0.15, -0.1) is 0 Å². The van der Waals surface area contributed by atoms with Crippen LogP contribution in [0.15, 0.2) is 48.8 Å². The Morgan fingerprint density at radius 2 is 2.06 bits per heavy atom. The quantitative estimate of drug-likeness (QED) is 0.711. The Labute approximate surface area is 95.9 Å². The van der Waals surface area contributed by atoms with E-state index in [4.69, 9.17) is 4.74 Å². The molecular formula is C14H14NO. The van der Waals surface area contributed by atoms with E-state index in [1.807, 2.05) is 48.8 Å². The van der Waals surface area contributed by atoms with Gasteiger partial charge in [0.05, 0.1) is 6.61 Å². The minimum absolute atomic E-state index is 0.736. The van der Waals surface area contributed by atoms with E-state index >= 15 is 0 Å². The summed E-state index contributed by atoms with van der Waals surface area (Å²) in [4.78, 5) is 3.99. The van der Waals surface area contributed by atoms with Gasteiger partial charge >= 0.3 is 0 Å². The number of hydrogen-bond acceptors (Lipinski definition) is 2. The highest BCUT2D eigenvalue weighted by Gasteiger charge is 1.94. The number of aryl methyl sites for hydroxylation is 1. The molecule has 0 spiro atoms. The van der Waals surface area contributed by atoms with Crippen LogP contribution in [0.3, 0.4) is 0 Å². The number of rotatable bonds is 5. The zero-order chi connectivity index (χ0) is 11.1. The summed E-state index contributed by atoms with van der Waals surface area (Å²) in [6, 6.07) is 14.7. The summed E-state index contributed by atoms with van der Waals surface area (Å²) in [5.74, 6) is 0.886. The normalized spacial score (nSPS) is 10.0. The first-order valence-corrected chi connectivity index (χ1v) is 5.43. The van der Waals surface area contributed by atoms with Crippen LogP contribution in [0.25, 0.3) is 0 Å². The van der Waals surface area contributed by atoms with Gasteiger partial charge in [-0.3, -0.25) is 4.98 Å². The van der Waals surface area contributed by atoms with E-state index in [2.05, 4.69) is 11.1 Å². The average Bonchev–Trinajstić information content (AvgIpc) is 2.37. The molecule has 2 rings (SSSR count). The number of benzene rings is 1. The third-order valence-corrected chi connectivity index (χ3v) is 2.31. The van der Waals surface area contributed by atoms with Gasteiger partial charge in [0.25, 0.3) is 0 Å². The lowest BCUT2D eigenvalue weighted by atomic mass is 10.1. The molecule has 81 valence electrons. The molecular weight excluding hydrogens is 198 g/mol.